The smallest absolute Gasteiger partial charge is 0.173 e. The van der Waals surface area contributed by atoms with Crippen molar-refractivity contribution in [1.82, 2.24) is 25.1 Å². The Labute approximate surface area is 144 Å². The molecule has 24 heavy (non-hydrogen) atoms. The average Bonchev–Trinajstić information content (AvgIpc) is 3.29. The fourth-order valence-corrected chi connectivity index (χ4v) is 4.23. The van der Waals surface area contributed by atoms with Gasteiger partial charge in [-0.05, 0) is 60.7 Å². The molecule has 0 spiro atoms. The van der Waals surface area contributed by atoms with E-state index in [0.717, 1.165) is 24.8 Å². The Morgan fingerprint density at radius 3 is 2.42 bits per heavy atom. The molecule has 0 N–H and O–H groups in total. The van der Waals surface area contributed by atoms with Crippen molar-refractivity contribution in [2.24, 2.45) is 5.92 Å². The van der Waals surface area contributed by atoms with Gasteiger partial charge in [0, 0.05) is 0 Å². The Hall–Kier alpha value is -1.75. The zero-order valence-corrected chi connectivity index (χ0v) is 14.5. The summed E-state index contributed by atoms with van der Waals surface area (Å²) in [5, 5.41) is 12.9. The molecule has 0 unspecified atom stereocenters. The van der Waals surface area contributed by atoms with E-state index in [9.17, 15) is 0 Å². The number of rotatable bonds is 4. The Balaban J connectivity index is 1.69. The maximum absolute atomic E-state index is 4.49. The van der Waals surface area contributed by atoms with E-state index in [1.807, 2.05) is 0 Å². The van der Waals surface area contributed by atoms with Crippen LogP contribution >= 0.6 is 0 Å². The summed E-state index contributed by atoms with van der Waals surface area (Å²) in [6.45, 7) is 4.61. The van der Waals surface area contributed by atoms with Crippen LogP contribution in [0.5, 0.6) is 0 Å². The summed E-state index contributed by atoms with van der Waals surface area (Å²) in [7, 11) is 0. The van der Waals surface area contributed by atoms with Crippen molar-refractivity contribution in [2.75, 3.05) is 13.1 Å². The molecule has 1 atom stereocenters. The number of aromatic nitrogens is 4. The molecule has 0 bridgehead atoms. The van der Waals surface area contributed by atoms with Crippen LogP contribution in [0.4, 0.5) is 0 Å². The van der Waals surface area contributed by atoms with Gasteiger partial charge in [-0.15, -0.1) is 5.10 Å². The molecular weight excluding hydrogens is 298 g/mol. The molecule has 2 heterocycles. The van der Waals surface area contributed by atoms with Crippen molar-refractivity contribution < 1.29 is 0 Å². The van der Waals surface area contributed by atoms with Crippen molar-refractivity contribution >= 4 is 0 Å². The van der Waals surface area contributed by atoms with Gasteiger partial charge in [-0.25, -0.2) is 4.68 Å². The van der Waals surface area contributed by atoms with E-state index in [4.69, 9.17) is 0 Å². The molecule has 0 amide bonds. The van der Waals surface area contributed by atoms with Crippen LogP contribution in [0.3, 0.4) is 0 Å². The van der Waals surface area contributed by atoms with E-state index >= 15 is 0 Å². The molecule has 1 aromatic heterocycles. The predicted molar refractivity (Wildman–Crippen MR) is 93.6 cm³/mol. The second kappa shape index (κ2) is 7.01. The zero-order valence-electron chi connectivity index (χ0n) is 14.5. The maximum Gasteiger partial charge on any atom is 0.173 e. The van der Waals surface area contributed by atoms with Crippen molar-refractivity contribution in [2.45, 2.75) is 57.5 Å². The van der Waals surface area contributed by atoms with E-state index in [1.165, 1.54) is 44.1 Å². The Morgan fingerprint density at radius 1 is 1.00 bits per heavy atom. The summed E-state index contributed by atoms with van der Waals surface area (Å²) in [6.07, 6.45) is 7.51. The molecule has 5 heteroatoms. The first-order valence-corrected chi connectivity index (χ1v) is 9.39. The van der Waals surface area contributed by atoms with Gasteiger partial charge < -0.3 is 0 Å². The quantitative estimate of drug-likeness (QED) is 0.861. The molecule has 2 aromatic rings. The Morgan fingerprint density at radius 2 is 1.71 bits per heavy atom. The molecule has 5 nitrogen and oxygen atoms in total. The van der Waals surface area contributed by atoms with Crippen molar-refractivity contribution in [3.8, 4) is 0 Å². The van der Waals surface area contributed by atoms with Gasteiger partial charge in [0.1, 0.15) is 0 Å². The van der Waals surface area contributed by atoms with Crippen LogP contribution in [0.1, 0.15) is 68.9 Å². The van der Waals surface area contributed by atoms with Gasteiger partial charge >= 0.3 is 0 Å². The van der Waals surface area contributed by atoms with Crippen LogP contribution in [0.2, 0.25) is 0 Å². The topological polar surface area (TPSA) is 46.8 Å². The minimum Gasteiger partial charge on any atom is -0.290 e. The average molecular weight is 325 g/mol. The summed E-state index contributed by atoms with van der Waals surface area (Å²) < 4.78 is 2.13. The molecule has 1 aromatic carbocycles. The summed E-state index contributed by atoms with van der Waals surface area (Å²) in [5.41, 5.74) is 1.31. The van der Waals surface area contributed by atoms with Gasteiger partial charge in [-0.2, -0.15) is 0 Å². The minimum atomic E-state index is 0.175. The number of hydrogen-bond acceptors (Lipinski definition) is 4. The van der Waals surface area contributed by atoms with Gasteiger partial charge in [0.05, 0.1) is 12.1 Å². The summed E-state index contributed by atoms with van der Waals surface area (Å²) in [4.78, 5) is 2.58. The highest BCUT2D eigenvalue weighted by Gasteiger charge is 2.32. The molecule has 0 radical (unpaired) electrons. The molecule has 2 fully saturated rings. The normalized spacial score (nSPS) is 22.0. The second-order valence-corrected chi connectivity index (χ2v) is 7.45. The Kier molecular flexibility index (Phi) is 4.60. The van der Waals surface area contributed by atoms with Crippen LogP contribution in [0, 0.1) is 5.92 Å². The lowest BCUT2D eigenvalue weighted by atomic mass is 9.95. The van der Waals surface area contributed by atoms with Gasteiger partial charge in [-0.1, -0.05) is 50.1 Å². The second-order valence-electron chi connectivity index (χ2n) is 7.45. The monoisotopic (exact) mass is 325 g/mol. The summed E-state index contributed by atoms with van der Waals surface area (Å²) >= 11 is 0. The number of hydrogen-bond donors (Lipinski definition) is 0. The minimum absolute atomic E-state index is 0.175. The highest BCUT2D eigenvalue weighted by Crippen LogP contribution is 2.35. The van der Waals surface area contributed by atoms with Crippen LogP contribution in [-0.2, 0) is 0 Å². The first-order valence-electron chi connectivity index (χ1n) is 9.39. The molecular formula is C19H27N5. The third kappa shape index (κ3) is 3.09. The van der Waals surface area contributed by atoms with Gasteiger partial charge in [0.25, 0.3) is 0 Å². The number of benzene rings is 1. The van der Waals surface area contributed by atoms with E-state index in [2.05, 4.69) is 62.4 Å². The molecule has 4 rings (SSSR count). The lowest BCUT2D eigenvalue weighted by Crippen LogP contribution is -2.38. The molecule has 1 aliphatic heterocycles. The molecule has 128 valence electrons. The zero-order chi connectivity index (χ0) is 16.4. The molecule has 1 saturated carbocycles. The summed E-state index contributed by atoms with van der Waals surface area (Å²) in [6, 6.07) is 11.4. The van der Waals surface area contributed by atoms with E-state index < -0.39 is 0 Å². The van der Waals surface area contributed by atoms with Gasteiger partial charge in [0.15, 0.2) is 5.82 Å². The highest BCUT2D eigenvalue weighted by atomic mass is 15.6. The van der Waals surface area contributed by atoms with Crippen molar-refractivity contribution in [3.63, 3.8) is 0 Å². The number of likely N-dealkylation sites (tertiary alicyclic amines) is 1. The van der Waals surface area contributed by atoms with Crippen molar-refractivity contribution in [1.29, 1.82) is 0 Å². The fraction of sp³-hybridized carbons (Fsp3) is 0.632. The fourth-order valence-electron chi connectivity index (χ4n) is 4.23. The van der Waals surface area contributed by atoms with Crippen LogP contribution in [0.15, 0.2) is 30.3 Å². The number of piperidine rings is 1. The van der Waals surface area contributed by atoms with Gasteiger partial charge in [0.2, 0.25) is 0 Å². The third-order valence-electron chi connectivity index (χ3n) is 5.73. The van der Waals surface area contributed by atoms with E-state index in [0.29, 0.717) is 6.04 Å². The number of nitrogens with zero attached hydrogens (tertiary/aromatic N) is 5. The lowest BCUT2D eigenvalue weighted by Gasteiger charge is -2.36. The first kappa shape index (κ1) is 15.8. The van der Waals surface area contributed by atoms with Crippen molar-refractivity contribution in [3.05, 3.63) is 41.7 Å². The maximum atomic E-state index is 4.49. The first-order chi connectivity index (χ1) is 11.8. The standard InChI is InChI=1S/C19H27N5/c1-15-11-13-23(14-12-15)18(16-7-3-2-4-8-16)19-20-21-22-24(19)17-9-5-6-10-17/h2-4,7-8,15,17-18H,5-6,9-14H2,1H3/t18-/m0/s1. The van der Waals surface area contributed by atoms with Crippen LogP contribution in [-0.4, -0.2) is 38.2 Å². The van der Waals surface area contributed by atoms with Gasteiger partial charge in [-0.3, -0.25) is 4.90 Å². The highest BCUT2D eigenvalue weighted by molar-refractivity contribution is 5.25. The molecule has 1 saturated heterocycles. The third-order valence-corrected chi connectivity index (χ3v) is 5.73. The summed E-state index contributed by atoms with van der Waals surface area (Å²) in [5.74, 6) is 1.85. The lowest BCUT2D eigenvalue weighted by molar-refractivity contribution is 0.148. The predicted octanol–water partition coefficient (Wildman–Crippen LogP) is 3.61. The molecule has 2 aliphatic rings. The van der Waals surface area contributed by atoms with Crippen LogP contribution in [0.25, 0.3) is 0 Å². The molecule has 1 aliphatic carbocycles. The van der Waals surface area contributed by atoms with E-state index in [-0.39, 0.29) is 6.04 Å². The SMILES string of the molecule is CC1CCN([C@@H](c2ccccc2)c2nnnn2C2CCCC2)CC1. The number of tetrazole rings is 1. The Bertz CT molecular complexity index is 639. The van der Waals surface area contributed by atoms with E-state index in [1.54, 1.807) is 0 Å². The largest absolute Gasteiger partial charge is 0.290 e. The van der Waals surface area contributed by atoms with Crippen LogP contribution < -0.4 is 0 Å².